The molecular weight excluding hydrogens is 564 g/mol. The van der Waals surface area contributed by atoms with E-state index in [-0.39, 0.29) is 21.7 Å². The van der Waals surface area contributed by atoms with Gasteiger partial charge in [-0.2, -0.15) is 0 Å². The predicted molar refractivity (Wildman–Crippen MR) is 171 cm³/mol. The minimum absolute atomic E-state index is 0. The van der Waals surface area contributed by atoms with Crippen molar-refractivity contribution < 1.29 is 21.7 Å². The standard InChI is InChI=1S/3C12H8N2.Ti/c3*1-3-9-5-6-10-4-2-8-14-12(10)11(9)13-7-1;/h3*1-8H;. The molecule has 202 valence electrons. The van der Waals surface area contributed by atoms with Crippen molar-refractivity contribution in [2.45, 2.75) is 0 Å². The zero-order chi connectivity index (χ0) is 28.1. The average Bonchev–Trinajstić information content (AvgIpc) is 3.09. The summed E-state index contributed by atoms with van der Waals surface area (Å²) in [7, 11) is 0. The molecule has 0 fully saturated rings. The van der Waals surface area contributed by atoms with Crippen LogP contribution in [-0.4, -0.2) is 29.9 Å². The summed E-state index contributed by atoms with van der Waals surface area (Å²) in [6.07, 6.45) is 10.8. The van der Waals surface area contributed by atoms with E-state index in [1.165, 1.54) is 0 Å². The van der Waals surface area contributed by atoms with Gasteiger partial charge in [-0.1, -0.05) is 72.8 Å². The summed E-state index contributed by atoms with van der Waals surface area (Å²) in [5, 5.41) is 6.83. The number of fused-ring (bicyclic) bond motifs is 9. The molecule has 0 aliphatic rings. The Morgan fingerprint density at radius 1 is 0.233 bits per heavy atom. The van der Waals surface area contributed by atoms with Gasteiger partial charge in [0, 0.05) is 91.2 Å². The number of nitrogens with zero attached hydrogens (tertiary/aromatic N) is 6. The number of aromatic nitrogens is 6. The van der Waals surface area contributed by atoms with Crippen LogP contribution in [0.4, 0.5) is 0 Å². The van der Waals surface area contributed by atoms with Crippen molar-refractivity contribution in [3.63, 3.8) is 0 Å². The molecule has 0 saturated heterocycles. The minimum atomic E-state index is 0. The van der Waals surface area contributed by atoms with E-state index in [1.54, 1.807) is 37.2 Å². The third-order valence-electron chi connectivity index (χ3n) is 7.03. The van der Waals surface area contributed by atoms with E-state index in [4.69, 9.17) is 0 Å². The molecule has 7 heteroatoms. The number of hydrogen-bond donors (Lipinski definition) is 0. The Morgan fingerprint density at radius 3 is 0.558 bits per heavy atom. The van der Waals surface area contributed by atoms with Crippen LogP contribution in [-0.2, 0) is 21.7 Å². The van der Waals surface area contributed by atoms with Gasteiger partial charge in [-0.25, -0.2) is 0 Å². The summed E-state index contributed by atoms with van der Waals surface area (Å²) in [5.74, 6) is 0. The molecule has 6 aromatic heterocycles. The van der Waals surface area contributed by atoms with E-state index in [1.807, 2.05) is 36.4 Å². The Kier molecular flexibility index (Phi) is 8.32. The molecule has 0 atom stereocenters. The molecule has 0 saturated carbocycles. The molecule has 6 heterocycles. The first-order chi connectivity index (χ1) is 20.8. The third kappa shape index (κ3) is 5.79. The van der Waals surface area contributed by atoms with E-state index in [2.05, 4.69) is 103 Å². The van der Waals surface area contributed by atoms with E-state index in [0.717, 1.165) is 65.4 Å². The molecule has 0 spiro atoms. The summed E-state index contributed by atoms with van der Waals surface area (Å²) in [5.41, 5.74) is 5.86. The Morgan fingerprint density at radius 2 is 0.395 bits per heavy atom. The molecule has 0 N–H and O–H groups in total. The maximum absolute atomic E-state index is 4.35. The van der Waals surface area contributed by atoms with Crippen LogP contribution in [0.25, 0.3) is 65.4 Å². The van der Waals surface area contributed by atoms with Crippen molar-refractivity contribution in [3.8, 4) is 0 Å². The second-order valence-corrected chi connectivity index (χ2v) is 9.65. The zero-order valence-corrected chi connectivity index (χ0v) is 24.6. The molecule has 0 bridgehead atoms. The zero-order valence-electron chi connectivity index (χ0n) is 23.0. The van der Waals surface area contributed by atoms with Gasteiger partial charge in [-0.15, -0.1) is 0 Å². The molecule has 0 aliphatic heterocycles. The Bertz CT molecular complexity index is 1910. The molecule has 3 aromatic carbocycles. The van der Waals surface area contributed by atoms with Crippen molar-refractivity contribution in [1.82, 2.24) is 29.9 Å². The van der Waals surface area contributed by atoms with Gasteiger partial charge in [0.1, 0.15) is 0 Å². The molecular formula is C36H24N6Ti. The predicted octanol–water partition coefficient (Wildman–Crippen LogP) is 8.35. The maximum Gasteiger partial charge on any atom is 0.0964 e. The molecule has 0 aliphatic carbocycles. The molecule has 0 unspecified atom stereocenters. The number of pyridine rings is 6. The second kappa shape index (κ2) is 12.8. The fourth-order valence-corrected chi connectivity index (χ4v) is 5.04. The fraction of sp³-hybridized carbons (Fsp3) is 0. The largest absolute Gasteiger partial charge is 0.254 e. The number of rotatable bonds is 0. The first-order valence-electron chi connectivity index (χ1n) is 13.6. The summed E-state index contributed by atoms with van der Waals surface area (Å²) in [6.45, 7) is 0. The van der Waals surface area contributed by atoms with Gasteiger partial charge in [-0.3, -0.25) is 29.9 Å². The van der Waals surface area contributed by atoms with Crippen LogP contribution in [0.2, 0.25) is 0 Å². The van der Waals surface area contributed by atoms with Crippen LogP contribution in [0.1, 0.15) is 0 Å². The first-order valence-corrected chi connectivity index (χ1v) is 13.6. The molecule has 9 rings (SSSR count). The minimum Gasteiger partial charge on any atom is -0.254 e. The van der Waals surface area contributed by atoms with Crippen LogP contribution < -0.4 is 0 Å². The van der Waals surface area contributed by atoms with E-state index in [9.17, 15) is 0 Å². The van der Waals surface area contributed by atoms with Crippen molar-refractivity contribution in [3.05, 3.63) is 146 Å². The maximum atomic E-state index is 4.35. The average molecular weight is 588 g/mol. The van der Waals surface area contributed by atoms with Gasteiger partial charge in [0.25, 0.3) is 0 Å². The summed E-state index contributed by atoms with van der Waals surface area (Å²) >= 11 is 0. The second-order valence-electron chi connectivity index (χ2n) is 9.65. The number of benzene rings is 3. The Balaban J connectivity index is 0.000000113. The van der Waals surface area contributed by atoms with Crippen LogP contribution >= 0.6 is 0 Å². The first kappa shape index (κ1) is 28.0. The number of hydrogen-bond acceptors (Lipinski definition) is 6. The third-order valence-corrected chi connectivity index (χ3v) is 7.03. The fourth-order valence-electron chi connectivity index (χ4n) is 5.04. The summed E-state index contributed by atoms with van der Waals surface area (Å²) in [4.78, 5) is 26.1. The molecule has 43 heavy (non-hydrogen) atoms. The summed E-state index contributed by atoms with van der Waals surface area (Å²) < 4.78 is 0. The van der Waals surface area contributed by atoms with Crippen molar-refractivity contribution in [1.29, 1.82) is 0 Å². The van der Waals surface area contributed by atoms with Gasteiger partial charge < -0.3 is 0 Å². The Hall–Kier alpha value is -5.17. The SMILES string of the molecule is [Ti].c1cnc2c(c1)ccc1cccnc12.c1cnc2c(c1)ccc1cccnc12.c1cnc2c(c1)ccc1cccnc12. The van der Waals surface area contributed by atoms with Crippen molar-refractivity contribution in [2.24, 2.45) is 0 Å². The van der Waals surface area contributed by atoms with E-state index < -0.39 is 0 Å². The van der Waals surface area contributed by atoms with Crippen molar-refractivity contribution in [2.75, 3.05) is 0 Å². The topological polar surface area (TPSA) is 77.3 Å². The normalized spacial score (nSPS) is 10.6. The van der Waals surface area contributed by atoms with Gasteiger partial charge >= 0.3 is 0 Å². The van der Waals surface area contributed by atoms with Gasteiger partial charge in [-0.05, 0) is 36.4 Å². The van der Waals surface area contributed by atoms with Crippen LogP contribution in [0.5, 0.6) is 0 Å². The van der Waals surface area contributed by atoms with E-state index in [0.29, 0.717) is 0 Å². The van der Waals surface area contributed by atoms with Gasteiger partial charge in [0.05, 0.1) is 33.1 Å². The molecule has 0 radical (unpaired) electrons. The smallest absolute Gasteiger partial charge is 0.0964 e. The van der Waals surface area contributed by atoms with Crippen LogP contribution in [0.15, 0.2) is 146 Å². The Labute approximate surface area is 262 Å². The molecule has 0 amide bonds. The van der Waals surface area contributed by atoms with Crippen LogP contribution in [0, 0.1) is 0 Å². The molecule has 9 aromatic rings. The molecule has 6 nitrogen and oxygen atoms in total. The van der Waals surface area contributed by atoms with Crippen LogP contribution in [0.3, 0.4) is 0 Å². The van der Waals surface area contributed by atoms with Gasteiger partial charge in [0.15, 0.2) is 0 Å². The van der Waals surface area contributed by atoms with E-state index >= 15 is 0 Å². The quantitative estimate of drug-likeness (QED) is 0.131. The van der Waals surface area contributed by atoms with Gasteiger partial charge in [0.2, 0.25) is 0 Å². The van der Waals surface area contributed by atoms with Crippen molar-refractivity contribution >= 4 is 65.4 Å². The monoisotopic (exact) mass is 588 g/mol. The summed E-state index contributed by atoms with van der Waals surface area (Å²) in [6, 6.07) is 36.4.